The van der Waals surface area contributed by atoms with E-state index in [1.165, 1.54) is 0 Å². The summed E-state index contributed by atoms with van der Waals surface area (Å²) in [6.45, 7) is 1.23. The van der Waals surface area contributed by atoms with E-state index in [1.54, 1.807) is 13.2 Å². The highest BCUT2D eigenvalue weighted by Crippen LogP contribution is 2.19. The lowest BCUT2D eigenvalue weighted by Gasteiger charge is -2.10. The van der Waals surface area contributed by atoms with Crippen molar-refractivity contribution in [3.8, 4) is 5.75 Å². The fourth-order valence-corrected chi connectivity index (χ4v) is 1.80. The molecular formula is C13H15BrN4O. The van der Waals surface area contributed by atoms with E-state index in [-0.39, 0.29) is 0 Å². The molecule has 100 valence electrons. The minimum absolute atomic E-state index is 0.565. The molecule has 0 aliphatic heterocycles. The van der Waals surface area contributed by atoms with Crippen molar-refractivity contribution < 1.29 is 4.74 Å². The Kier molecular flexibility index (Phi) is 4.97. The largest absolute Gasteiger partial charge is 0.492 e. The molecule has 0 aliphatic carbocycles. The van der Waals surface area contributed by atoms with Crippen LogP contribution in [0.5, 0.6) is 5.75 Å². The van der Waals surface area contributed by atoms with Crippen molar-refractivity contribution in [2.45, 2.75) is 0 Å². The molecule has 5 nitrogen and oxygen atoms in total. The van der Waals surface area contributed by atoms with Crippen LogP contribution in [0.15, 0.2) is 41.0 Å². The van der Waals surface area contributed by atoms with Gasteiger partial charge in [-0.15, -0.1) is 0 Å². The third-order valence-corrected chi connectivity index (χ3v) is 2.95. The average Bonchev–Trinajstić information content (AvgIpc) is 2.46. The third kappa shape index (κ3) is 4.10. The first-order chi connectivity index (χ1) is 9.29. The van der Waals surface area contributed by atoms with E-state index in [0.717, 1.165) is 16.0 Å². The molecule has 0 fully saturated rings. The number of para-hydroxylation sites is 1. The predicted molar refractivity (Wildman–Crippen MR) is 79.7 cm³/mol. The Bertz CT molecular complexity index is 521. The summed E-state index contributed by atoms with van der Waals surface area (Å²) in [4.78, 5) is 8.39. The summed E-state index contributed by atoms with van der Waals surface area (Å²) < 4.78 is 6.41. The van der Waals surface area contributed by atoms with Gasteiger partial charge in [-0.25, -0.2) is 4.98 Å². The lowest BCUT2D eigenvalue weighted by Crippen LogP contribution is -2.13. The van der Waals surface area contributed by atoms with E-state index in [1.807, 2.05) is 30.3 Å². The molecule has 1 aromatic heterocycles. The van der Waals surface area contributed by atoms with Crippen LogP contribution < -0.4 is 15.4 Å². The number of rotatable bonds is 6. The Morgan fingerprint density at radius 2 is 2.05 bits per heavy atom. The fourth-order valence-electron chi connectivity index (χ4n) is 1.47. The molecule has 2 N–H and O–H groups in total. The van der Waals surface area contributed by atoms with Gasteiger partial charge in [0, 0.05) is 13.2 Å². The van der Waals surface area contributed by atoms with Crippen LogP contribution in [0, 0.1) is 0 Å². The van der Waals surface area contributed by atoms with Gasteiger partial charge in [0.1, 0.15) is 18.2 Å². The maximum atomic E-state index is 5.59. The average molecular weight is 323 g/mol. The van der Waals surface area contributed by atoms with Gasteiger partial charge in [-0.2, -0.15) is 4.98 Å². The summed E-state index contributed by atoms with van der Waals surface area (Å²) in [6.07, 6.45) is 1.71. The van der Waals surface area contributed by atoms with Crippen LogP contribution in [-0.2, 0) is 0 Å². The Labute approximate surface area is 120 Å². The van der Waals surface area contributed by atoms with Crippen molar-refractivity contribution in [3.05, 3.63) is 41.0 Å². The monoisotopic (exact) mass is 322 g/mol. The predicted octanol–water partition coefficient (Wildman–Crippen LogP) is 2.77. The molecule has 0 aliphatic rings. The second kappa shape index (κ2) is 6.94. The van der Waals surface area contributed by atoms with Crippen LogP contribution in [0.4, 0.5) is 11.8 Å². The molecule has 6 heteroatoms. The van der Waals surface area contributed by atoms with Gasteiger partial charge in [0.05, 0.1) is 11.0 Å². The van der Waals surface area contributed by atoms with Gasteiger partial charge in [-0.3, -0.25) is 0 Å². The maximum Gasteiger partial charge on any atom is 0.224 e. The first kappa shape index (κ1) is 13.6. The maximum absolute atomic E-state index is 5.59. The van der Waals surface area contributed by atoms with Crippen molar-refractivity contribution >= 4 is 27.7 Å². The van der Waals surface area contributed by atoms with E-state index in [4.69, 9.17) is 4.74 Å². The highest BCUT2D eigenvalue weighted by atomic mass is 79.9. The second-order valence-corrected chi connectivity index (χ2v) is 4.58. The first-order valence-electron chi connectivity index (χ1n) is 5.91. The SMILES string of the molecule is CNc1ncc(Br)c(NCCOc2ccccc2)n1. The number of aromatic nitrogens is 2. The zero-order valence-corrected chi connectivity index (χ0v) is 12.1. The quantitative estimate of drug-likeness (QED) is 0.801. The van der Waals surface area contributed by atoms with Crippen LogP contribution in [0.2, 0.25) is 0 Å². The number of benzene rings is 1. The fraction of sp³-hybridized carbons (Fsp3) is 0.231. The molecule has 0 radical (unpaired) electrons. The number of anilines is 2. The summed E-state index contributed by atoms with van der Waals surface area (Å²) in [6, 6.07) is 9.72. The van der Waals surface area contributed by atoms with Gasteiger partial charge in [-0.05, 0) is 28.1 Å². The minimum atomic E-state index is 0.565. The molecule has 0 amide bonds. The van der Waals surface area contributed by atoms with Crippen molar-refractivity contribution in [1.82, 2.24) is 9.97 Å². The van der Waals surface area contributed by atoms with E-state index in [0.29, 0.717) is 19.1 Å². The second-order valence-electron chi connectivity index (χ2n) is 3.73. The normalized spacial score (nSPS) is 10.0. The van der Waals surface area contributed by atoms with E-state index >= 15 is 0 Å². The third-order valence-electron chi connectivity index (χ3n) is 2.37. The van der Waals surface area contributed by atoms with Gasteiger partial charge in [0.25, 0.3) is 0 Å². The first-order valence-corrected chi connectivity index (χ1v) is 6.71. The molecule has 2 aromatic rings. The van der Waals surface area contributed by atoms with Crippen LogP contribution in [0.3, 0.4) is 0 Å². The number of ether oxygens (including phenoxy) is 1. The van der Waals surface area contributed by atoms with Crippen LogP contribution in [0.1, 0.15) is 0 Å². The van der Waals surface area contributed by atoms with Crippen molar-refractivity contribution in [2.24, 2.45) is 0 Å². The minimum Gasteiger partial charge on any atom is -0.492 e. The highest BCUT2D eigenvalue weighted by Gasteiger charge is 2.03. The van der Waals surface area contributed by atoms with Crippen LogP contribution in [-0.4, -0.2) is 30.2 Å². The number of hydrogen-bond donors (Lipinski definition) is 2. The zero-order chi connectivity index (χ0) is 13.5. The lowest BCUT2D eigenvalue weighted by atomic mass is 10.3. The van der Waals surface area contributed by atoms with Crippen LogP contribution >= 0.6 is 15.9 Å². The molecule has 0 spiro atoms. The number of nitrogens with one attached hydrogen (secondary N) is 2. The molecule has 1 aromatic carbocycles. The Morgan fingerprint density at radius 1 is 1.26 bits per heavy atom. The summed E-state index contributed by atoms with van der Waals surface area (Å²) in [5, 5.41) is 6.09. The highest BCUT2D eigenvalue weighted by molar-refractivity contribution is 9.10. The molecule has 0 unspecified atom stereocenters. The molecule has 0 saturated heterocycles. The van der Waals surface area contributed by atoms with E-state index < -0.39 is 0 Å². The van der Waals surface area contributed by atoms with Gasteiger partial charge in [0.2, 0.25) is 5.95 Å². The molecule has 0 bridgehead atoms. The Morgan fingerprint density at radius 3 is 2.79 bits per heavy atom. The number of halogens is 1. The molecule has 1 heterocycles. The Hall–Kier alpha value is -1.82. The van der Waals surface area contributed by atoms with Gasteiger partial charge in [-0.1, -0.05) is 18.2 Å². The molecule has 2 rings (SSSR count). The van der Waals surface area contributed by atoms with Crippen molar-refractivity contribution in [3.63, 3.8) is 0 Å². The van der Waals surface area contributed by atoms with Crippen molar-refractivity contribution in [1.29, 1.82) is 0 Å². The molecule has 19 heavy (non-hydrogen) atoms. The summed E-state index contributed by atoms with van der Waals surface area (Å²) in [7, 11) is 1.78. The zero-order valence-electron chi connectivity index (χ0n) is 10.6. The number of hydrogen-bond acceptors (Lipinski definition) is 5. The summed E-state index contributed by atoms with van der Waals surface area (Å²) in [5.41, 5.74) is 0. The Balaban J connectivity index is 1.82. The smallest absolute Gasteiger partial charge is 0.224 e. The molecular weight excluding hydrogens is 308 g/mol. The van der Waals surface area contributed by atoms with Gasteiger partial charge in [0.15, 0.2) is 0 Å². The molecule has 0 atom stereocenters. The van der Waals surface area contributed by atoms with Gasteiger partial charge >= 0.3 is 0 Å². The van der Waals surface area contributed by atoms with E-state index in [9.17, 15) is 0 Å². The number of nitrogens with zero attached hydrogens (tertiary/aromatic N) is 2. The van der Waals surface area contributed by atoms with Crippen molar-refractivity contribution in [2.75, 3.05) is 30.8 Å². The standard InChI is InChI=1S/C13H15BrN4O/c1-15-13-17-9-11(14)12(18-13)16-7-8-19-10-5-3-2-4-6-10/h2-6,9H,7-8H2,1H3,(H2,15,16,17,18). The topological polar surface area (TPSA) is 59.1 Å². The van der Waals surface area contributed by atoms with Crippen LogP contribution in [0.25, 0.3) is 0 Å². The lowest BCUT2D eigenvalue weighted by molar-refractivity contribution is 0.332. The molecule has 0 saturated carbocycles. The van der Waals surface area contributed by atoms with Gasteiger partial charge < -0.3 is 15.4 Å². The van der Waals surface area contributed by atoms with E-state index in [2.05, 4.69) is 36.5 Å². The summed E-state index contributed by atoms with van der Waals surface area (Å²) >= 11 is 3.40. The summed E-state index contributed by atoms with van der Waals surface area (Å²) in [5.74, 6) is 2.19.